The van der Waals surface area contributed by atoms with Gasteiger partial charge in [0.05, 0.1) is 0 Å². The second-order valence-electron chi connectivity index (χ2n) is 6.36. The average molecular weight is 334 g/mol. The van der Waals surface area contributed by atoms with Crippen molar-refractivity contribution in [3.8, 4) is 5.75 Å². The lowest BCUT2D eigenvalue weighted by atomic mass is 10.0. The van der Waals surface area contributed by atoms with E-state index in [-0.39, 0.29) is 5.75 Å². The molecule has 1 saturated heterocycles. The number of nitrogens with zero attached hydrogens (tertiary/aromatic N) is 2. The summed E-state index contributed by atoms with van der Waals surface area (Å²) in [6.45, 7) is 9.53. The van der Waals surface area contributed by atoms with Crippen LogP contribution in [0.1, 0.15) is 25.3 Å². The van der Waals surface area contributed by atoms with E-state index in [1.807, 2.05) is 0 Å². The highest BCUT2D eigenvalue weighted by molar-refractivity contribution is 5.79. The summed E-state index contributed by atoms with van der Waals surface area (Å²) < 4.78 is 13.4. The maximum absolute atomic E-state index is 13.4. The second-order valence-corrected chi connectivity index (χ2v) is 6.36. The van der Waals surface area contributed by atoms with Crippen molar-refractivity contribution in [1.82, 2.24) is 15.5 Å². The molecule has 0 spiro atoms. The minimum absolute atomic E-state index is 0.331. The first-order valence-electron chi connectivity index (χ1n) is 8.29. The molecule has 1 heterocycles. The summed E-state index contributed by atoms with van der Waals surface area (Å²) >= 11 is 0. The zero-order valence-electron chi connectivity index (χ0n) is 14.5. The summed E-state index contributed by atoms with van der Waals surface area (Å²) in [5.41, 5.74) is 1.95. The lowest BCUT2D eigenvalue weighted by molar-refractivity contribution is 0.221. The third-order valence-electron chi connectivity index (χ3n) is 4.12. The molecule has 6 heteroatoms. The Morgan fingerprint density at radius 3 is 2.71 bits per heavy atom. The van der Waals surface area contributed by atoms with E-state index in [2.05, 4.69) is 34.0 Å². The standard InChI is InChI=1S/C18H27FN4O/c1-13(2)12-23-8-6-15(7-9-23)22-18(20-3)21-11-14-4-5-17(24)16(19)10-14/h4-5,10,15,24H,1,6-9,11-12H2,2-3H3,(H2,20,21,22). The first kappa shape index (κ1) is 18.3. The number of hydrogen-bond donors (Lipinski definition) is 3. The van der Waals surface area contributed by atoms with Gasteiger partial charge in [-0.3, -0.25) is 9.89 Å². The van der Waals surface area contributed by atoms with Gasteiger partial charge < -0.3 is 15.7 Å². The number of phenolic OH excluding ortho intramolecular Hbond substituents is 1. The number of guanidine groups is 1. The zero-order chi connectivity index (χ0) is 17.5. The Balaban J connectivity index is 1.78. The normalized spacial score (nSPS) is 16.9. The number of aliphatic imine (C=N–C) groups is 1. The summed E-state index contributed by atoms with van der Waals surface area (Å²) in [6, 6.07) is 4.76. The lowest BCUT2D eigenvalue weighted by Crippen LogP contribution is -2.48. The van der Waals surface area contributed by atoms with Crippen LogP contribution in [0.15, 0.2) is 35.3 Å². The molecule has 0 radical (unpaired) electrons. The van der Waals surface area contributed by atoms with Crippen molar-refractivity contribution in [2.24, 2.45) is 4.99 Å². The fourth-order valence-electron chi connectivity index (χ4n) is 2.85. The van der Waals surface area contributed by atoms with Crippen LogP contribution in [0.25, 0.3) is 0 Å². The SMILES string of the molecule is C=C(C)CN1CCC(NC(=NC)NCc2ccc(O)c(F)c2)CC1. The number of phenols is 1. The van der Waals surface area contributed by atoms with Crippen LogP contribution >= 0.6 is 0 Å². The van der Waals surface area contributed by atoms with E-state index in [0.717, 1.165) is 38.0 Å². The van der Waals surface area contributed by atoms with Gasteiger partial charge in [-0.2, -0.15) is 0 Å². The van der Waals surface area contributed by atoms with E-state index < -0.39 is 5.82 Å². The van der Waals surface area contributed by atoms with Crippen LogP contribution in [0.4, 0.5) is 4.39 Å². The van der Waals surface area contributed by atoms with E-state index in [0.29, 0.717) is 18.5 Å². The van der Waals surface area contributed by atoms with E-state index in [1.165, 1.54) is 17.7 Å². The average Bonchev–Trinajstić information content (AvgIpc) is 2.55. The van der Waals surface area contributed by atoms with Crippen molar-refractivity contribution in [2.75, 3.05) is 26.7 Å². The van der Waals surface area contributed by atoms with Gasteiger partial charge in [-0.15, -0.1) is 0 Å². The molecule has 0 atom stereocenters. The Morgan fingerprint density at radius 2 is 2.12 bits per heavy atom. The molecule has 0 unspecified atom stereocenters. The number of aromatic hydroxyl groups is 1. The van der Waals surface area contributed by atoms with Crippen LogP contribution in [-0.2, 0) is 6.54 Å². The van der Waals surface area contributed by atoms with Gasteiger partial charge in [0.25, 0.3) is 0 Å². The van der Waals surface area contributed by atoms with Crippen LogP contribution in [0.5, 0.6) is 5.75 Å². The number of halogens is 1. The van der Waals surface area contributed by atoms with Gasteiger partial charge in [-0.05, 0) is 37.5 Å². The van der Waals surface area contributed by atoms with E-state index in [1.54, 1.807) is 13.1 Å². The van der Waals surface area contributed by atoms with Gasteiger partial charge in [0.2, 0.25) is 0 Å². The van der Waals surface area contributed by atoms with Crippen LogP contribution in [0.3, 0.4) is 0 Å². The van der Waals surface area contributed by atoms with Crippen molar-refractivity contribution >= 4 is 5.96 Å². The number of nitrogens with one attached hydrogen (secondary N) is 2. The molecular formula is C18H27FN4O. The van der Waals surface area contributed by atoms with Crippen molar-refractivity contribution in [1.29, 1.82) is 0 Å². The minimum Gasteiger partial charge on any atom is -0.505 e. The lowest BCUT2D eigenvalue weighted by Gasteiger charge is -2.33. The number of hydrogen-bond acceptors (Lipinski definition) is 3. The van der Waals surface area contributed by atoms with Crippen LogP contribution in [0.2, 0.25) is 0 Å². The summed E-state index contributed by atoms with van der Waals surface area (Å²) in [5, 5.41) is 15.8. The molecule has 1 aliphatic rings. The predicted molar refractivity (Wildman–Crippen MR) is 95.7 cm³/mol. The van der Waals surface area contributed by atoms with E-state index >= 15 is 0 Å². The Morgan fingerprint density at radius 1 is 1.42 bits per heavy atom. The van der Waals surface area contributed by atoms with Crippen LogP contribution in [0, 0.1) is 5.82 Å². The van der Waals surface area contributed by atoms with Crippen molar-refractivity contribution in [3.63, 3.8) is 0 Å². The van der Waals surface area contributed by atoms with Crippen molar-refractivity contribution in [2.45, 2.75) is 32.4 Å². The summed E-state index contributed by atoms with van der Waals surface area (Å²) in [6.07, 6.45) is 2.11. The molecule has 132 valence electrons. The van der Waals surface area contributed by atoms with Gasteiger partial charge in [-0.25, -0.2) is 4.39 Å². The molecular weight excluding hydrogens is 307 g/mol. The maximum atomic E-state index is 13.4. The smallest absolute Gasteiger partial charge is 0.191 e. The molecule has 0 amide bonds. The maximum Gasteiger partial charge on any atom is 0.191 e. The highest BCUT2D eigenvalue weighted by Gasteiger charge is 2.19. The molecule has 2 rings (SSSR count). The molecule has 0 aromatic heterocycles. The predicted octanol–water partition coefficient (Wildman–Crippen LogP) is 2.24. The van der Waals surface area contributed by atoms with Crippen LogP contribution in [-0.4, -0.2) is 48.7 Å². The Kier molecular flexibility index (Phi) is 6.61. The fraction of sp³-hybridized carbons (Fsp3) is 0.500. The number of piperidine rings is 1. The molecule has 1 aromatic carbocycles. The monoisotopic (exact) mass is 334 g/mol. The first-order valence-corrected chi connectivity index (χ1v) is 8.29. The zero-order valence-corrected chi connectivity index (χ0v) is 14.5. The van der Waals surface area contributed by atoms with Gasteiger partial charge in [0.1, 0.15) is 0 Å². The third kappa shape index (κ3) is 5.53. The summed E-state index contributed by atoms with van der Waals surface area (Å²) in [5.74, 6) is -0.230. The second kappa shape index (κ2) is 8.68. The van der Waals surface area contributed by atoms with Crippen molar-refractivity contribution in [3.05, 3.63) is 41.7 Å². The van der Waals surface area contributed by atoms with Gasteiger partial charge in [-0.1, -0.05) is 18.2 Å². The fourth-order valence-corrected chi connectivity index (χ4v) is 2.85. The molecule has 1 fully saturated rings. The molecule has 24 heavy (non-hydrogen) atoms. The third-order valence-corrected chi connectivity index (χ3v) is 4.12. The molecule has 1 aliphatic heterocycles. The molecule has 0 bridgehead atoms. The number of rotatable bonds is 5. The summed E-state index contributed by atoms with van der Waals surface area (Å²) in [4.78, 5) is 6.64. The van der Waals surface area contributed by atoms with Gasteiger partial charge in [0, 0.05) is 39.3 Å². The van der Waals surface area contributed by atoms with Gasteiger partial charge >= 0.3 is 0 Å². The Hall–Kier alpha value is -2.08. The number of likely N-dealkylation sites (tertiary alicyclic amines) is 1. The Labute approximate surface area is 143 Å². The molecule has 3 N–H and O–H groups in total. The Bertz CT molecular complexity index is 595. The first-order chi connectivity index (χ1) is 11.5. The quantitative estimate of drug-likeness (QED) is 0.439. The topological polar surface area (TPSA) is 59.9 Å². The van der Waals surface area contributed by atoms with E-state index in [9.17, 15) is 9.50 Å². The largest absolute Gasteiger partial charge is 0.505 e. The number of benzene rings is 1. The van der Waals surface area contributed by atoms with Crippen LogP contribution < -0.4 is 10.6 Å². The minimum atomic E-state index is -0.609. The molecule has 0 aliphatic carbocycles. The molecule has 5 nitrogen and oxygen atoms in total. The molecule has 1 aromatic rings. The van der Waals surface area contributed by atoms with Gasteiger partial charge in [0.15, 0.2) is 17.5 Å². The van der Waals surface area contributed by atoms with E-state index in [4.69, 9.17) is 0 Å². The highest BCUT2D eigenvalue weighted by Crippen LogP contribution is 2.16. The molecule has 0 saturated carbocycles. The highest BCUT2D eigenvalue weighted by atomic mass is 19.1. The van der Waals surface area contributed by atoms with Crippen molar-refractivity contribution < 1.29 is 9.50 Å². The summed E-state index contributed by atoms with van der Waals surface area (Å²) in [7, 11) is 1.73.